The number of benzene rings is 1. The van der Waals surface area contributed by atoms with E-state index in [0.717, 1.165) is 10.5 Å². The Hall–Kier alpha value is -2.15. The van der Waals surface area contributed by atoms with Crippen molar-refractivity contribution in [2.75, 3.05) is 6.26 Å². The lowest BCUT2D eigenvalue weighted by molar-refractivity contribution is -0.131. The summed E-state index contributed by atoms with van der Waals surface area (Å²) >= 11 is 1.65. The van der Waals surface area contributed by atoms with E-state index < -0.39 is 17.7 Å². The van der Waals surface area contributed by atoms with Crippen molar-refractivity contribution in [3.63, 3.8) is 0 Å². The Morgan fingerprint density at radius 2 is 2.21 bits per heavy atom. The van der Waals surface area contributed by atoms with Gasteiger partial charge >= 0.3 is 0 Å². The molecule has 6 nitrogen and oxygen atoms in total. The maximum absolute atomic E-state index is 11.6. The van der Waals surface area contributed by atoms with E-state index in [0.29, 0.717) is 0 Å². The SMILES string of the molecule is CSc1ccc(/C=N/NC(=O)C2C=NNC2=O)cc1. The zero-order valence-electron chi connectivity index (χ0n) is 10.2. The van der Waals surface area contributed by atoms with Crippen molar-refractivity contribution >= 4 is 36.0 Å². The summed E-state index contributed by atoms with van der Waals surface area (Å²) in [6.07, 6.45) is 4.77. The lowest BCUT2D eigenvalue weighted by atomic mass is 10.1. The van der Waals surface area contributed by atoms with Crippen LogP contribution in [0.5, 0.6) is 0 Å². The highest BCUT2D eigenvalue weighted by atomic mass is 32.2. The van der Waals surface area contributed by atoms with Gasteiger partial charge in [0.05, 0.1) is 6.21 Å². The van der Waals surface area contributed by atoms with Gasteiger partial charge in [0.1, 0.15) is 0 Å². The fourth-order valence-electron chi connectivity index (χ4n) is 1.43. The van der Waals surface area contributed by atoms with Crippen LogP contribution in [0.1, 0.15) is 5.56 Å². The summed E-state index contributed by atoms with van der Waals surface area (Å²) < 4.78 is 0. The normalized spacial score (nSPS) is 17.7. The van der Waals surface area contributed by atoms with Gasteiger partial charge in [-0.05, 0) is 24.0 Å². The molecule has 2 rings (SSSR count). The molecule has 98 valence electrons. The number of nitrogens with one attached hydrogen (secondary N) is 2. The van der Waals surface area contributed by atoms with Gasteiger partial charge in [-0.15, -0.1) is 11.8 Å². The van der Waals surface area contributed by atoms with Crippen LogP contribution >= 0.6 is 11.8 Å². The van der Waals surface area contributed by atoms with Crippen LogP contribution in [0, 0.1) is 5.92 Å². The molecule has 1 aromatic rings. The van der Waals surface area contributed by atoms with Crippen LogP contribution in [0.4, 0.5) is 0 Å². The Bertz CT molecular complexity index is 539. The quantitative estimate of drug-likeness (QED) is 0.365. The minimum Gasteiger partial charge on any atom is -0.272 e. The summed E-state index contributed by atoms with van der Waals surface area (Å²) in [5.74, 6) is -1.86. The van der Waals surface area contributed by atoms with Crippen LogP contribution in [0.3, 0.4) is 0 Å². The predicted octanol–water partition coefficient (Wildman–Crippen LogP) is 0.590. The van der Waals surface area contributed by atoms with Crippen molar-refractivity contribution in [3.05, 3.63) is 29.8 Å². The third kappa shape index (κ3) is 3.41. The molecule has 2 amide bonds. The summed E-state index contributed by atoms with van der Waals surface area (Å²) in [5.41, 5.74) is 5.36. The molecule has 0 saturated heterocycles. The fraction of sp³-hybridized carbons (Fsp3) is 0.167. The Balaban J connectivity index is 1.90. The Labute approximate surface area is 114 Å². The first kappa shape index (κ1) is 13.3. The minimum atomic E-state index is -0.906. The average Bonchev–Trinajstić information content (AvgIpc) is 2.86. The summed E-state index contributed by atoms with van der Waals surface area (Å²) in [6.45, 7) is 0. The molecule has 0 aromatic heterocycles. The molecule has 0 bridgehead atoms. The lowest BCUT2D eigenvalue weighted by Crippen LogP contribution is -2.34. The van der Waals surface area contributed by atoms with Crippen LogP contribution in [-0.2, 0) is 9.59 Å². The standard InChI is InChI=1S/C12H12N4O2S/c1-19-9-4-2-8(3-5-9)6-13-15-11(17)10-7-14-16-12(10)18/h2-7,10H,1H3,(H,15,17)(H,16,18)/b13-6+. The first-order chi connectivity index (χ1) is 9.20. The zero-order chi connectivity index (χ0) is 13.7. The third-order valence-corrected chi connectivity index (χ3v) is 3.21. The number of carbonyl (C=O) groups is 2. The molecule has 19 heavy (non-hydrogen) atoms. The third-order valence-electron chi connectivity index (χ3n) is 2.47. The van der Waals surface area contributed by atoms with Gasteiger partial charge in [0, 0.05) is 11.1 Å². The molecule has 1 atom stereocenters. The van der Waals surface area contributed by atoms with Crippen molar-refractivity contribution < 1.29 is 9.59 Å². The van der Waals surface area contributed by atoms with Crippen molar-refractivity contribution in [2.45, 2.75) is 4.90 Å². The van der Waals surface area contributed by atoms with Gasteiger partial charge < -0.3 is 0 Å². The topological polar surface area (TPSA) is 82.9 Å². The highest BCUT2D eigenvalue weighted by Gasteiger charge is 2.28. The molecule has 0 aliphatic carbocycles. The largest absolute Gasteiger partial charge is 0.272 e. The number of amides is 2. The summed E-state index contributed by atoms with van der Waals surface area (Å²) in [5, 5.41) is 7.32. The second kappa shape index (κ2) is 6.14. The number of nitrogens with zero attached hydrogens (tertiary/aromatic N) is 2. The Morgan fingerprint density at radius 1 is 1.47 bits per heavy atom. The first-order valence-electron chi connectivity index (χ1n) is 5.50. The molecule has 1 aliphatic heterocycles. The average molecular weight is 276 g/mol. The summed E-state index contributed by atoms with van der Waals surface area (Å²) in [4.78, 5) is 23.9. The molecule has 0 fully saturated rings. The van der Waals surface area contributed by atoms with Crippen LogP contribution in [-0.4, -0.2) is 30.5 Å². The number of hydrogen-bond donors (Lipinski definition) is 2. The molecule has 1 aromatic carbocycles. The van der Waals surface area contributed by atoms with Crippen molar-refractivity contribution in [1.82, 2.24) is 10.9 Å². The monoisotopic (exact) mass is 276 g/mol. The molecule has 7 heteroatoms. The van der Waals surface area contributed by atoms with Crippen LogP contribution in [0.15, 0.2) is 39.4 Å². The van der Waals surface area contributed by atoms with E-state index in [1.165, 1.54) is 12.4 Å². The van der Waals surface area contributed by atoms with Crippen molar-refractivity contribution in [1.29, 1.82) is 0 Å². The van der Waals surface area contributed by atoms with E-state index in [9.17, 15) is 9.59 Å². The molecule has 1 unspecified atom stereocenters. The van der Waals surface area contributed by atoms with Crippen LogP contribution < -0.4 is 10.9 Å². The maximum atomic E-state index is 11.6. The highest BCUT2D eigenvalue weighted by Crippen LogP contribution is 2.13. The number of thioether (sulfide) groups is 1. The van der Waals surface area contributed by atoms with Crippen molar-refractivity contribution in [3.8, 4) is 0 Å². The maximum Gasteiger partial charge on any atom is 0.258 e. The fourth-order valence-corrected chi connectivity index (χ4v) is 1.84. The number of hydrazone groups is 2. The predicted molar refractivity (Wildman–Crippen MR) is 74.1 cm³/mol. The van der Waals surface area contributed by atoms with E-state index in [1.807, 2.05) is 30.5 Å². The number of rotatable bonds is 4. The summed E-state index contributed by atoms with van der Waals surface area (Å²) in [7, 11) is 0. The molecule has 0 spiro atoms. The minimum absolute atomic E-state index is 0.447. The van der Waals surface area contributed by atoms with Gasteiger partial charge in [-0.2, -0.15) is 10.2 Å². The van der Waals surface area contributed by atoms with Gasteiger partial charge in [0.25, 0.3) is 11.8 Å². The van der Waals surface area contributed by atoms with Gasteiger partial charge in [-0.1, -0.05) is 12.1 Å². The number of hydrogen-bond acceptors (Lipinski definition) is 5. The first-order valence-corrected chi connectivity index (χ1v) is 6.73. The summed E-state index contributed by atoms with van der Waals surface area (Å²) in [6, 6.07) is 7.71. The van der Waals surface area contributed by atoms with E-state index in [1.54, 1.807) is 11.8 Å². The molecule has 1 aliphatic rings. The van der Waals surface area contributed by atoms with Gasteiger partial charge in [-0.25, -0.2) is 10.9 Å². The Morgan fingerprint density at radius 3 is 2.79 bits per heavy atom. The molecular weight excluding hydrogens is 264 g/mol. The smallest absolute Gasteiger partial charge is 0.258 e. The van der Waals surface area contributed by atoms with E-state index in [2.05, 4.69) is 21.1 Å². The highest BCUT2D eigenvalue weighted by molar-refractivity contribution is 7.98. The molecular formula is C12H12N4O2S. The second-order valence-corrected chi connectivity index (χ2v) is 4.62. The van der Waals surface area contributed by atoms with E-state index in [-0.39, 0.29) is 0 Å². The number of carbonyl (C=O) groups excluding carboxylic acids is 2. The van der Waals surface area contributed by atoms with Gasteiger partial charge in [0.2, 0.25) is 0 Å². The molecule has 1 heterocycles. The molecule has 0 radical (unpaired) electrons. The second-order valence-electron chi connectivity index (χ2n) is 3.74. The van der Waals surface area contributed by atoms with Crippen LogP contribution in [0.2, 0.25) is 0 Å². The van der Waals surface area contributed by atoms with E-state index in [4.69, 9.17) is 0 Å². The van der Waals surface area contributed by atoms with Gasteiger partial charge in [-0.3, -0.25) is 9.59 Å². The van der Waals surface area contributed by atoms with Gasteiger partial charge in [0.15, 0.2) is 5.92 Å². The molecule has 0 saturated carbocycles. The Kier molecular flexibility index (Phi) is 4.30. The van der Waals surface area contributed by atoms with Crippen molar-refractivity contribution in [2.24, 2.45) is 16.1 Å². The van der Waals surface area contributed by atoms with E-state index >= 15 is 0 Å². The molecule has 2 N–H and O–H groups in total. The lowest BCUT2D eigenvalue weighted by Gasteiger charge is -2.02. The van der Waals surface area contributed by atoms with Crippen LogP contribution in [0.25, 0.3) is 0 Å². The zero-order valence-corrected chi connectivity index (χ0v) is 11.0.